The second-order valence-electron chi connectivity index (χ2n) is 7.95. The van der Waals surface area contributed by atoms with E-state index in [0.717, 1.165) is 6.42 Å². The van der Waals surface area contributed by atoms with E-state index in [1.54, 1.807) is 30.7 Å². The summed E-state index contributed by atoms with van der Waals surface area (Å²) in [5, 5.41) is 18.5. The Hall–Kier alpha value is -2.90. The van der Waals surface area contributed by atoms with Crippen molar-refractivity contribution in [2.45, 2.75) is 66.5 Å². The number of amides is 1. The van der Waals surface area contributed by atoms with E-state index >= 15 is 0 Å². The third kappa shape index (κ3) is 4.49. The molecule has 0 aliphatic rings. The standard InChI is InChI=1S/C20H28N4O4/c1-8-13(3)21-18(25)17-14(4)19(23(22-17)20(5,6)7)28-15-9-10-16(24(26)27)12(2)11-15/h9-11,13H,8H2,1-7H3,(H,21,25)/t13-/m0/s1. The van der Waals surface area contributed by atoms with E-state index in [4.69, 9.17) is 4.74 Å². The SMILES string of the molecule is CC[C@H](C)NC(=O)c1nn(C(C)(C)C)c(Oc2ccc([N+](=O)[O-])c(C)c2)c1C. The van der Waals surface area contributed by atoms with Gasteiger partial charge in [-0.25, -0.2) is 4.68 Å². The molecule has 1 aromatic carbocycles. The first-order valence-corrected chi connectivity index (χ1v) is 9.29. The highest BCUT2D eigenvalue weighted by molar-refractivity contribution is 5.94. The van der Waals surface area contributed by atoms with Crippen LogP contribution >= 0.6 is 0 Å². The molecule has 0 aliphatic heterocycles. The highest BCUT2D eigenvalue weighted by Crippen LogP contribution is 2.33. The van der Waals surface area contributed by atoms with Crippen LogP contribution in [0.5, 0.6) is 11.6 Å². The van der Waals surface area contributed by atoms with Crippen LogP contribution in [0.25, 0.3) is 0 Å². The van der Waals surface area contributed by atoms with Crippen LogP contribution in [0.15, 0.2) is 18.2 Å². The molecule has 0 spiro atoms. The second kappa shape index (κ2) is 8.00. The van der Waals surface area contributed by atoms with Crippen molar-refractivity contribution < 1.29 is 14.5 Å². The molecule has 1 N–H and O–H groups in total. The van der Waals surface area contributed by atoms with Crippen molar-refractivity contribution >= 4 is 11.6 Å². The zero-order chi connectivity index (χ0) is 21.2. The summed E-state index contributed by atoms with van der Waals surface area (Å²) in [7, 11) is 0. The predicted molar refractivity (Wildman–Crippen MR) is 107 cm³/mol. The molecule has 8 heteroatoms. The molecule has 0 bridgehead atoms. The molecule has 0 aliphatic carbocycles. The van der Waals surface area contributed by atoms with Gasteiger partial charge in [-0.2, -0.15) is 5.10 Å². The van der Waals surface area contributed by atoms with Crippen LogP contribution in [0.3, 0.4) is 0 Å². The van der Waals surface area contributed by atoms with Crippen molar-refractivity contribution in [1.29, 1.82) is 0 Å². The van der Waals surface area contributed by atoms with E-state index < -0.39 is 10.5 Å². The van der Waals surface area contributed by atoms with Crippen molar-refractivity contribution in [3.8, 4) is 11.6 Å². The van der Waals surface area contributed by atoms with Gasteiger partial charge in [0.1, 0.15) is 5.75 Å². The number of carbonyl (C=O) groups is 1. The van der Waals surface area contributed by atoms with Gasteiger partial charge in [0.2, 0.25) is 5.88 Å². The smallest absolute Gasteiger partial charge is 0.272 e. The zero-order valence-electron chi connectivity index (χ0n) is 17.5. The number of hydrogen-bond donors (Lipinski definition) is 1. The van der Waals surface area contributed by atoms with Gasteiger partial charge in [0.05, 0.1) is 10.5 Å². The van der Waals surface area contributed by atoms with Crippen LogP contribution in [-0.4, -0.2) is 26.7 Å². The molecule has 0 unspecified atom stereocenters. The summed E-state index contributed by atoms with van der Waals surface area (Å²) in [5.41, 5.74) is 1.03. The fraction of sp³-hybridized carbons (Fsp3) is 0.500. The van der Waals surface area contributed by atoms with E-state index in [1.165, 1.54) is 6.07 Å². The monoisotopic (exact) mass is 388 g/mol. The van der Waals surface area contributed by atoms with Crippen LogP contribution in [0, 0.1) is 24.0 Å². The average molecular weight is 388 g/mol. The van der Waals surface area contributed by atoms with Crippen molar-refractivity contribution in [3.05, 3.63) is 45.1 Å². The third-order valence-corrected chi connectivity index (χ3v) is 4.49. The largest absolute Gasteiger partial charge is 0.439 e. The lowest BCUT2D eigenvalue weighted by atomic mass is 10.1. The highest BCUT2D eigenvalue weighted by atomic mass is 16.6. The van der Waals surface area contributed by atoms with E-state index in [9.17, 15) is 14.9 Å². The quantitative estimate of drug-likeness (QED) is 0.581. The average Bonchev–Trinajstić information content (AvgIpc) is 2.91. The van der Waals surface area contributed by atoms with Gasteiger partial charge in [-0.15, -0.1) is 0 Å². The number of nitrogens with zero attached hydrogens (tertiary/aromatic N) is 3. The van der Waals surface area contributed by atoms with Crippen LogP contribution in [0.1, 0.15) is 62.7 Å². The van der Waals surface area contributed by atoms with Gasteiger partial charge in [-0.3, -0.25) is 14.9 Å². The number of hydrogen-bond acceptors (Lipinski definition) is 5. The summed E-state index contributed by atoms with van der Waals surface area (Å²) in [4.78, 5) is 23.2. The van der Waals surface area contributed by atoms with Gasteiger partial charge >= 0.3 is 0 Å². The maximum absolute atomic E-state index is 12.6. The number of nitro benzene ring substituents is 1. The number of aromatic nitrogens is 2. The van der Waals surface area contributed by atoms with Crippen molar-refractivity contribution in [2.75, 3.05) is 0 Å². The Morgan fingerprint density at radius 1 is 1.36 bits per heavy atom. The van der Waals surface area contributed by atoms with Gasteiger partial charge in [-0.05, 0) is 60.1 Å². The van der Waals surface area contributed by atoms with Gasteiger partial charge in [-0.1, -0.05) is 6.92 Å². The minimum atomic E-state index is -0.429. The lowest BCUT2D eigenvalue weighted by molar-refractivity contribution is -0.385. The van der Waals surface area contributed by atoms with Crippen LogP contribution < -0.4 is 10.1 Å². The first-order valence-electron chi connectivity index (χ1n) is 9.29. The lowest BCUT2D eigenvalue weighted by Gasteiger charge is -2.22. The molecule has 152 valence electrons. The first-order chi connectivity index (χ1) is 13.0. The van der Waals surface area contributed by atoms with Gasteiger partial charge in [0, 0.05) is 23.2 Å². The fourth-order valence-corrected chi connectivity index (χ4v) is 2.67. The van der Waals surface area contributed by atoms with E-state index in [-0.39, 0.29) is 17.6 Å². The summed E-state index contributed by atoms with van der Waals surface area (Å²) in [5.74, 6) is 0.639. The maximum atomic E-state index is 12.6. The first kappa shape index (κ1) is 21.4. The number of rotatable bonds is 6. The van der Waals surface area contributed by atoms with E-state index in [1.807, 2.05) is 34.6 Å². The number of aryl methyl sites for hydroxylation is 1. The van der Waals surface area contributed by atoms with E-state index in [0.29, 0.717) is 28.5 Å². The second-order valence-corrected chi connectivity index (χ2v) is 7.95. The Morgan fingerprint density at radius 2 is 2.00 bits per heavy atom. The molecule has 0 fully saturated rings. The van der Waals surface area contributed by atoms with Crippen LogP contribution in [0.4, 0.5) is 5.69 Å². The summed E-state index contributed by atoms with van der Waals surface area (Å²) in [6.07, 6.45) is 0.816. The molecule has 0 saturated heterocycles. The van der Waals surface area contributed by atoms with Gasteiger partial charge in [0.15, 0.2) is 5.69 Å². The molecule has 0 radical (unpaired) electrons. The summed E-state index contributed by atoms with van der Waals surface area (Å²) < 4.78 is 7.71. The molecule has 1 amide bonds. The Bertz CT molecular complexity index is 896. The van der Waals surface area contributed by atoms with Crippen molar-refractivity contribution in [2.24, 2.45) is 0 Å². The Morgan fingerprint density at radius 3 is 2.50 bits per heavy atom. The molecule has 2 rings (SSSR count). The minimum absolute atomic E-state index is 0.0296. The number of nitro groups is 1. The van der Waals surface area contributed by atoms with Crippen LogP contribution in [0.2, 0.25) is 0 Å². The lowest BCUT2D eigenvalue weighted by Crippen LogP contribution is -2.33. The fourth-order valence-electron chi connectivity index (χ4n) is 2.67. The molecule has 8 nitrogen and oxygen atoms in total. The molecule has 1 aromatic heterocycles. The summed E-state index contributed by atoms with van der Waals surface area (Å²) in [6, 6.07) is 4.60. The molecule has 2 aromatic rings. The van der Waals surface area contributed by atoms with Gasteiger partial charge in [0.25, 0.3) is 11.6 Å². The molecule has 0 saturated carbocycles. The van der Waals surface area contributed by atoms with Gasteiger partial charge < -0.3 is 10.1 Å². The van der Waals surface area contributed by atoms with E-state index in [2.05, 4.69) is 10.4 Å². The maximum Gasteiger partial charge on any atom is 0.272 e. The zero-order valence-corrected chi connectivity index (χ0v) is 17.5. The topological polar surface area (TPSA) is 99.3 Å². The summed E-state index contributed by atoms with van der Waals surface area (Å²) >= 11 is 0. The Kier molecular flexibility index (Phi) is 6.11. The molecule has 1 atom stereocenters. The normalized spacial score (nSPS) is 12.5. The molecular formula is C20H28N4O4. The highest BCUT2D eigenvalue weighted by Gasteiger charge is 2.28. The molecule has 1 heterocycles. The molecule has 28 heavy (non-hydrogen) atoms. The Labute approximate surface area is 165 Å². The van der Waals surface area contributed by atoms with Crippen molar-refractivity contribution in [1.82, 2.24) is 15.1 Å². The number of ether oxygens (including phenoxy) is 1. The summed E-state index contributed by atoms with van der Waals surface area (Å²) in [6.45, 7) is 13.3. The minimum Gasteiger partial charge on any atom is -0.439 e. The van der Waals surface area contributed by atoms with Crippen molar-refractivity contribution in [3.63, 3.8) is 0 Å². The molecular weight excluding hydrogens is 360 g/mol. The number of carbonyl (C=O) groups excluding carboxylic acids is 1. The number of nitrogens with one attached hydrogen (secondary N) is 1. The predicted octanol–water partition coefficient (Wildman–Crippen LogP) is 4.48. The van der Waals surface area contributed by atoms with Crippen LogP contribution in [-0.2, 0) is 5.54 Å². The Balaban J connectivity index is 2.47. The third-order valence-electron chi connectivity index (χ3n) is 4.49. The number of benzene rings is 1.